The standard InChI is InChI=1S/C10H15N3O2/c1-2-14-9-3-4-12-10(13-9)15-8-5-7(11)6-8/h3-4,7-8H,2,5-6,11H2,1H3. The largest absolute Gasteiger partial charge is 0.478 e. The first-order valence-electron chi connectivity index (χ1n) is 5.16. The molecule has 0 bridgehead atoms. The fourth-order valence-electron chi connectivity index (χ4n) is 1.46. The Morgan fingerprint density at radius 3 is 3.00 bits per heavy atom. The zero-order valence-corrected chi connectivity index (χ0v) is 8.72. The summed E-state index contributed by atoms with van der Waals surface area (Å²) in [7, 11) is 0. The van der Waals surface area contributed by atoms with Crippen molar-refractivity contribution in [3.05, 3.63) is 12.3 Å². The number of rotatable bonds is 4. The van der Waals surface area contributed by atoms with Crippen LogP contribution in [0.4, 0.5) is 0 Å². The van der Waals surface area contributed by atoms with E-state index in [9.17, 15) is 0 Å². The summed E-state index contributed by atoms with van der Waals surface area (Å²) in [5.74, 6) is 0.547. The first-order chi connectivity index (χ1) is 7.28. The first-order valence-corrected chi connectivity index (χ1v) is 5.16. The van der Waals surface area contributed by atoms with Gasteiger partial charge in [0.15, 0.2) is 0 Å². The molecule has 1 aromatic heterocycles. The summed E-state index contributed by atoms with van der Waals surface area (Å²) in [5.41, 5.74) is 5.65. The molecule has 0 aromatic carbocycles. The lowest BCUT2D eigenvalue weighted by atomic mass is 9.90. The van der Waals surface area contributed by atoms with Crippen LogP contribution in [0, 0.1) is 0 Å². The molecule has 0 unspecified atom stereocenters. The lowest BCUT2D eigenvalue weighted by Gasteiger charge is -2.31. The fraction of sp³-hybridized carbons (Fsp3) is 0.600. The van der Waals surface area contributed by atoms with E-state index in [1.54, 1.807) is 12.3 Å². The monoisotopic (exact) mass is 209 g/mol. The second-order valence-corrected chi connectivity index (χ2v) is 3.58. The number of nitrogens with zero attached hydrogens (tertiary/aromatic N) is 2. The minimum Gasteiger partial charge on any atom is -0.478 e. The van der Waals surface area contributed by atoms with Crippen molar-refractivity contribution in [2.24, 2.45) is 5.73 Å². The van der Waals surface area contributed by atoms with Crippen molar-refractivity contribution in [2.75, 3.05) is 6.61 Å². The smallest absolute Gasteiger partial charge is 0.319 e. The van der Waals surface area contributed by atoms with Crippen molar-refractivity contribution in [3.63, 3.8) is 0 Å². The van der Waals surface area contributed by atoms with Crippen molar-refractivity contribution in [1.29, 1.82) is 0 Å². The normalized spacial score (nSPS) is 24.4. The molecule has 2 N–H and O–H groups in total. The van der Waals surface area contributed by atoms with E-state index in [4.69, 9.17) is 15.2 Å². The number of nitrogens with two attached hydrogens (primary N) is 1. The van der Waals surface area contributed by atoms with Gasteiger partial charge in [-0.1, -0.05) is 0 Å². The summed E-state index contributed by atoms with van der Waals surface area (Å²) in [6.07, 6.45) is 3.55. The summed E-state index contributed by atoms with van der Waals surface area (Å²) >= 11 is 0. The van der Waals surface area contributed by atoms with E-state index in [0.29, 0.717) is 18.5 Å². The molecule has 5 nitrogen and oxygen atoms in total. The van der Waals surface area contributed by atoms with Crippen LogP contribution < -0.4 is 15.2 Å². The average molecular weight is 209 g/mol. The summed E-state index contributed by atoms with van der Waals surface area (Å²) < 4.78 is 10.8. The highest BCUT2D eigenvalue weighted by Gasteiger charge is 2.28. The molecule has 1 fully saturated rings. The number of ether oxygens (including phenoxy) is 2. The topological polar surface area (TPSA) is 70.3 Å². The molecule has 0 saturated heterocycles. The maximum absolute atomic E-state index is 5.65. The van der Waals surface area contributed by atoms with Crippen LogP contribution in [0.25, 0.3) is 0 Å². The molecule has 0 atom stereocenters. The van der Waals surface area contributed by atoms with Crippen molar-refractivity contribution >= 4 is 0 Å². The Morgan fingerprint density at radius 1 is 1.53 bits per heavy atom. The van der Waals surface area contributed by atoms with Crippen molar-refractivity contribution in [2.45, 2.75) is 31.9 Å². The van der Waals surface area contributed by atoms with Crippen LogP contribution in [0.5, 0.6) is 11.9 Å². The number of hydrogen-bond donors (Lipinski definition) is 1. The molecule has 0 radical (unpaired) electrons. The van der Waals surface area contributed by atoms with Crippen LogP contribution in [0.1, 0.15) is 19.8 Å². The van der Waals surface area contributed by atoms with Crippen LogP contribution in [-0.4, -0.2) is 28.7 Å². The van der Waals surface area contributed by atoms with Crippen LogP contribution in [0.15, 0.2) is 12.3 Å². The molecule has 1 aliphatic carbocycles. The predicted molar refractivity (Wildman–Crippen MR) is 54.8 cm³/mol. The van der Waals surface area contributed by atoms with Crippen molar-refractivity contribution in [3.8, 4) is 11.9 Å². The van der Waals surface area contributed by atoms with Crippen LogP contribution >= 0.6 is 0 Å². The molecular formula is C10H15N3O2. The third-order valence-electron chi connectivity index (χ3n) is 2.30. The molecule has 1 aromatic rings. The first kappa shape index (κ1) is 10.2. The summed E-state index contributed by atoms with van der Waals surface area (Å²) in [6.45, 7) is 2.50. The third-order valence-corrected chi connectivity index (χ3v) is 2.30. The zero-order valence-electron chi connectivity index (χ0n) is 8.72. The highest BCUT2D eigenvalue weighted by molar-refractivity contribution is 5.11. The van der Waals surface area contributed by atoms with E-state index in [1.807, 2.05) is 6.92 Å². The van der Waals surface area contributed by atoms with E-state index < -0.39 is 0 Å². The van der Waals surface area contributed by atoms with Gasteiger partial charge in [0.05, 0.1) is 6.61 Å². The van der Waals surface area contributed by atoms with E-state index >= 15 is 0 Å². The Morgan fingerprint density at radius 2 is 2.33 bits per heavy atom. The molecule has 15 heavy (non-hydrogen) atoms. The highest BCUT2D eigenvalue weighted by atomic mass is 16.5. The van der Waals surface area contributed by atoms with E-state index in [2.05, 4.69) is 9.97 Å². The SMILES string of the molecule is CCOc1ccnc(OC2CC(N)C2)n1. The Kier molecular flexibility index (Phi) is 3.01. The minimum absolute atomic E-state index is 0.164. The Labute approximate surface area is 88.6 Å². The molecule has 0 aliphatic heterocycles. The molecule has 0 spiro atoms. The number of aromatic nitrogens is 2. The van der Waals surface area contributed by atoms with Gasteiger partial charge < -0.3 is 15.2 Å². The van der Waals surface area contributed by atoms with Gasteiger partial charge in [0.1, 0.15) is 6.10 Å². The zero-order chi connectivity index (χ0) is 10.7. The highest BCUT2D eigenvalue weighted by Crippen LogP contribution is 2.22. The van der Waals surface area contributed by atoms with Gasteiger partial charge in [-0.15, -0.1) is 0 Å². The molecule has 82 valence electrons. The molecule has 1 aliphatic rings. The van der Waals surface area contributed by atoms with Crippen LogP contribution in [0.3, 0.4) is 0 Å². The lowest BCUT2D eigenvalue weighted by molar-refractivity contribution is 0.0893. The maximum Gasteiger partial charge on any atom is 0.319 e. The van der Waals surface area contributed by atoms with Crippen LogP contribution in [-0.2, 0) is 0 Å². The van der Waals surface area contributed by atoms with Crippen LogP contribution in [0.2, 0.25) is 0 Å². The molecule has 1 heterocycles. The average Bonchev–Trinajstić information content (AvgIpc) is 2.17. The Bertz CT molecular complexity index is 326. The molecular weight excluding hydrogens is 194 g/mol. The fourth-order valence-corrected chi connectivity index (χ4v) is 1.46. The predicted octanol–water partition coefficient (Wildman–Crippen LogP) is 0.744. The van der Waals surface area contributed by atoms with E-state index in [0.717, 1.165) is 12.8 Å². The van der Waals surface area contributed by atoms with Gasteiger partial charge in [0.25, 0.3) is 0 Å². The lowest BCUT2D eigenvalue weighted by Crippen LogP contribution is -2.43. The van der Waals surface area contributed by atoms with Gasteiger partial charge in [0.2, 0.25) is 5.88 Å². The second-order valence-electron chi connectivity index (χ2n) is 3.58. The van der Waals surface area contributed by atoms with Gasteiger partial charge in [0, 0.05) is 18.3 Å². The molecule has 1 saturated carbocycles. The quantitative estimate of drug-likeness (QED) is 0.792. The van der Waals surface area contributed by atoms with Crippen molar-refractivity contribution in [1.82, 2.24) is 9.97 Å². The van der Waals surface area contributed by atoms with Gasteiger partial charge in [-0.05, 0) is 19.8 Å². The summed E-state index contributed by atoms with van der Waals surface area (Å²) in [4.78, 5) is 8.13. The summed E-state index contributed by atoms with van der Waals surface area (Å²) in [6, 6.07) is 2.35. The Hall–Kier alpha value is -1.36. The maximum atomic E-state index is 5.65. The van der Waals surface area contributed by atoms with Gasteiger partial charge in [-0.3, -0.25) is 0 Å². The Balaban J connectivity index is 1.93. The van der Waals surface area contributed by atoms with Crippen molar-refractivity contribution < 1.29 is 9.47 Å². The number of hydrogen-bond acceptors (Lipinski definition) is 5. The summed E-state index contributed by atoms with van der Waals surface area (Å²) in [5, 5.41) is 0. The van der Waals surface area contributed by atoms with E-state index in [-0.39, 0.29) is 12.1 Å². The van der Waals surface area contributed by atoms with Gasteiger partial charge >= 0.3 is 6.01 Å². The van der Waals surface area contributed by atoms with E-state index in [1.165, 1.54) is 0 Å². The third kappa shape index (κ3) is 2.56. The minimum atomic E-state index is 0.164. The molecule has 2 rings (SSSR count). The van der Waals surface area contributed by atoms with Gasteiger partial charge in [-0.2, -0.15) is 4.98 Å². The molecule has 0 amide bonds. The second kappa shape index (κ2) is 4.44. The molecule has 5 heteroatoms. The van der Waals surface area contributed by atoms with Gasteiger partial charge in [-0.25, -0.2) is 4.98 Å².